The number of esters is 1. The molecular weight excluding hydrogens is 356 g/mol. The van der Waals surface area contributed by atoms with Crippen molar-refractivity contribution in [1.29, 1.82) is 0 Å². The third kappa shape index (κ3) is 4.73. The minimum Gasteiger partial charge on any atom is -0.458 e. The average Bonchev–Trinajstić information content (AvgIpc) is 3.02. The third-order valence-electron chi connectivity index (χ3n) is 5.65. The fourth-order valence-corrected chi connectivity index (χ4v) is 4.31. The number of carbonyl (C=O) groups excluding carboxylic acids is 2. The summed E-state index contributed by atoms with van der Waals surface area (Å²) in [5.74, 6) is -0.570. The molecule has 28 heavy (non-hydrogen) atoms. The molecule has 0 unspecified atom stereocenters. The van der Waals surface area contributed by atoms with E-state index in [2.05, 4.69) is 5.32 Å². The van der Waals surface area contributed by atoms with Crippen LogP contribution in [0.1, 0.15) is 52.0 Å². The zero-order valence-electron chi connectivity index (χ0n) is 17.1. The van der Waals surface area contributed by atoms with Crippen LogP contribution in [0, 0.1) is 5.92 Å². The van der Waals surface area contributed by atoms with Crippen LogP contribution in [-0.4, -0.2) is 52.2 Å². The first kappa shape index (κ1) is 20.8. The van der Waals surface area contributed by atoms with Crippen molar-refractivity contribution in [3.63, 3.8) is 0 Å². The predicted molar refractivity (Wildman–Crippen MR) is 106 cm³/mol. The number of hydrogen-bond acceptors (Lipinski definition) is 5. The first-order chi connectivity index (χ1) is 13.3. The Hall–Kier alpha value is -1.92. The molecule has 3 rings (SSSR count). The van der Waals surface area contributed by atoms with E-state index in [1.54, 1.807) is 4.90 Å². The molecule has 1 amide bonds. The van der Waals surface area contributed by atoms with Crippen molar-refractivity contribution in [2.24, 2.45) is 5.92 Å². The molecule has 0 aromatic heterocycles. The molecule has 2 aliphatic rings. The first-order valence-corrected chi connectivity index (χ1v) is 10.2. The molecule has 2 saturated heterocycles. The summed E-state index contributed by atoms with van der Waals surface area (Å²) in [5.41, 5.74) is 0.501. The SMILES string of the molecule is CC(C)(C)OC(=O)[C@@H]1CC[C@H]2CC[C@@H](CO)[C@@H](NCc3ccccc3)C(=O)N21. The smallest absolute Gasteiger partial charge is 0.329 e. The fraction of sp³-hybridized carbons (Fsp3) is 0.636. The molecule has 1 aromatic rings. The Morgan fingerprint density at radius 3 is 2.50 bits per heavy atom. The second-order valence-electron chi connectivity index (χ2n) is 8.89. The monoisotopic (exact) mass is 388 g/mol. The van der Waals surface area contributed by atoms with Crippen LogP contribution in [-0.2, 0) is 20.9 Å². The van der Waals surface area contributed by atoms with Gasteiger partial charge in [0.1, 0.15) is 11.6 Å². The van der Waals surface area contributed by atoms with Crippen molar-refractivity contribution in [3.05, 3.63) is 35.9 Å². The molecule has 0 saturated carbocycles. The van der Waals surface area contributed by atoms with Gasteiger partial charge in [0.25, 0.3) is 0 Å². The van der Waals surface area contributed by atoms with Crippen LogP contribution in [0.3, 0.4) is 0 Å². The average molecular weight is 389 g/mol. The molecule has 2 heterocycles. The van der Waals surface area contributed by atoms with Crippen LogP contribution in [0.25, 0.3) is 0 Å². The number of ether oxygens (including phenoxy) is 1. The van der Waals surface area contributed by atoms with Crippen molar-refractivity contribution in [2.75, 3.05) is 6.61 Å². The van der Waals surface area contributed by atoms with E-state index in [4.69, 9.17) is 4.74 Å². The van der Waals surface area contributed by atoms with Gasteiger partial charge in [-0.3, -0.25) is 4.79 Å². The van der Waals surface area contributed by atoms with Crippen LogP contribution in [0.5, 0.6) is 0 Å². The second kappa shape index (κ2) is 8.62. The normalized spacial score (nSPS) is 28.0. The van der Waals surface area contributed by atoms with Crippen molar-refractivity contribution in [3.8, 4) is 0 Å². The van der Waals surface area contributed by atoms with E-state index in [0.717, 1.165) is 24.8 Å². The molecule has 1 aromatic carbocycles. The summed E-state index contributed by atoms with van der Waals surface area (Å²) < 4.78 is 5.57. The van der Waals surface area contributed by atoms with Crippen LogP contribution in [0.4, 0.5) is 0 Å². The van der Waals surface area contributed by atoms with Gasteiger partial charge in [-0.25, -0.2) is 4.79 Å². The van der Waals surface area contributed by atoms with Gasteiger partial charge in [0.2, 0.25) is 5.91 Å². The molecule has 2 N–H and O–H groups in total. The number of nitrogens with zero attached hydrogens (tertiary/aromatic N) is 1. The zero-order chi connectivity index (χ0) is 20.3. The maximum absolute atomic E-state index is 13.4. The Balaban J connectivity index is 1.77. The highest BCUT2D eigenvalue weighted by molar-refractivity contribution is 5.89. The molecule has 6 heteroatoms. The number of fused-ring (bicyclic) bond motifs is 1. The van der Waals surface area contributed by atoms with Crippen LogP contribution >= 0.6 is 0 Å². The van der Waals surface area contributed by atoms with Crippen molar-refractivity contribution < 1.29 is 19.4 Å². The Morgan fingerprint density at radius 2 is 1.86 bits per heavy atom. The lowest BCUT2D eigenvalue weighted by Gasteiger charge is -2.33. The van der Waals surface area contributed by atoms with Crippen molar-refractivity contribution in [1.82, 2.24) is 10.2 Å². The highest BCUT2D eigenvalue weighted by atomic mass is 16.6. The predicted octanol–water partition coefficient (Wildman–Crippen LogP) is 2.25. The summed E-state index contributed by atoms with van der Waals surface area (Å²) in [4.78, 5) is 27.9. The molecule has 6 nitrogen and oxygen atoms in total. The van der Waals surface area contributed by atoms with Gasteiger partial charge in [-0.1, -0.05) is 30.3 Å². The van der Waals surface area contributed by atoms with E-state index in [9.17, 15) is 14.7 Å². The number of benzene rings is 1. The van der Waals surface area contributed by atoms with Crippen LogP contribution in [0.15, 0.2) is 30.3 Å². The van der Waals surface area contributed by atoms with E-state index in [1.807, 2.05) is 51.1 Å². The lowest BCUT2D eigenvalue weighted by molar-refractivity contribution is -0.164. The maximum atomic E-state index is 13.4. The van der Waals surface area contributed by atoms with Crippen LogP contribution in [0.2, 0.25) is 0 Å². The largest absolute Gasteiger partial charge is 0.458 e. The van der Waals surface area contributed by atoms with Gasteiger partial charge in [-0.15, -0.1) is 0 Å². The lowest BCUT2D eigenvalue weighted by atomic mass is 9.94. The number of carbonyl (C=O) groups is 2. The summed E-state index contributed by atoms with van der Waals surface area (Å²) >= 11 is 0. The van der Waals surface area contributed by atoms with Crippen molar-refractivity contribution >= 4 is 11.9 Å². The first-order valence-electron chi connectivity index (χ1n) is 10.2. The number of aliphatic hydroxyl groups excluding tert-OH is 1. The molecule has 0 aliphatic carbocycles. The van der Waals surface area contributed by atoms with Gasteiger partial charge in [0.15, 0.2) is 0 Å². The molecule has 0 spiro atoms. The minimum atomic E-state index is -0.581. The standard InChI is InChI=1S/C22H32N2O4/c1-22(2,3)28-21(27)18-12-11-17-10-9-16(14-25)19(20(26)24(17)18)23-13-15-7-5-4-6-8-15/h4-8,16-19,23,25H,9-14H2,1-3H3/t16-,17+,18-,19+/m0/s1. The minimum absolute atomic E-state index is 0.0441. The topological polar surface area (TPSA) is 78.9 Å². The number of aliphatic hydroxyl groups is 1. The summed E-state index contributed by atoms with van der Waals surface area (Å²) in [7, 11) is 0. The molecule has 2 aliphatic heterocycles. The Kier molecular flexibility index (Phi) is 6.40. The van der Waals surface area contributed by atoms with E-state index < -0.39 is 17.7 Å². The summed E-state index contributed by atoms with van der Waals surface area (Å²) in [6.45, 7) is 6.02. The number of hydrogen-bond donors (Lipinski definition) is 2. The quantitative estimate of drug-likeness (QED) is 0.757. The van der Waals surface area contributed by atoms with Gasteiger partial charge < -0.3 is 20.1 Å². The Bertz CT molecular complexity index is 686. The Morgan fingerprint density at radius 1 is 1.18 bits per heavy atom. The molecule has 4 atom stereocenters. The third-order valence-corrected chi connectivity index (χ3v) is 5.65. The molecule has 0 bridgehead atoms. The maximum Gasteiger partial charge on any atom is 0.329 e. The van der Waals surface area contributed by atoms with Crippen molar-refractivity contribution in [2.45, 2.75) is 76.7 Å². The number of amides is 1. The fourth-order valence-electron chi connectivity index (χ4n) is 4.31. The highest BCUT2D eigenvalue weighted by Gasteiger charge is 2.47. The molecular formula is C22H32N2O4. The molecule has 2 fully saturated rings. The van der Waals surface area contributed by atoms with Gasteiger partial charge in [0.05, 0.1) is 6.04 Å². The van der Waals surface area contributed by atoms with E-state index in [0.29, 0.717) is 13.0 Å². The summed E-state index contributed by atoms with van der Waals surface area (Å²) in [6, 6.07) is 8.90. The second-order valence-corrected chi connectivity index (χ2v) is 8.89. The number of nitrogens with one attached hydrogen (secondary N) is 1. The summed E-state index contributed by atoms with van der Waals surface area (Å²) in [6.07, 6.45) is 3.01. The van der Waals surface area contributed by atoms with E-state index in [-0.39, 0.29) is 30.4 Å². The molecule has 0 radical (unpaired) electrons. The van der Waals surface area contributed by atoms with Gasteiger partial charge >= 0.3 is 5.97 Å². The summed E-state index contributed by atoms with van der Waals surface area (Å²) in [5, 5.41) is 13.2. The van der Waals surface area contributed by atoms with Gasteiger partial charge in [0, 0.05) is 25.1 Å². The highest BCUT2D eigenvalue weighted by Crippen LogP contribution is 2.35. The number of rotatable bonds is 5. The Labute approximate surface area is 167 Å². The van der Waals surface area contributed by atoms with Gasteiger partial charge in [-0.05, 0) is 52.0 Å². The van der Waals surface area contributed by atoms with E-state index >= 15 is 0 Å². The van der Waals surface area contributed by atoms with E-state index in [1.165, 1.54) is 0 Å². The molecule has 154 valence electrons. The van der Waals surface area contributed by atoms with Crippen LogP contribution < -0.4 is 5.32 Å². The van der Waals surface area contributed by atoms with Gasteiger partial charge in [-0.2, -0.15) is 0 Å². The lowest BCUT2D eigenvalue weighted by Crippen LogP contribution is -2.54. The zero-order valence-corrected chi connectivity index (χ0v) is 17.1.